The Labute approximate surface area is 128 Å². The third-order valence-corrected chi connectivity index (χ3v) is 4.17. The Morgan fingerprint density at radius 3 is 2.30 bits per heavy atom. The predicted octanol–water partition coefficient (Wildman–Crippen LogP) is 4.63. The van der Waals surface area contributed by atoms with E-state index in [9.17, 15) is 5.11 Å². The van der Waals surface area contributed by atoms with Crippen LogP contribution in [0.25, 0.3) is 0 Å². The molecule has 2 aromatic carbocycles. The SMILES string of the molecule is Cc1cccc(C(O)c2ccc(OC(C)C)cc2)c1Br. The van der Waals surface area contributed by atoms with Crippen LogP contribution in [-0.2, 0) is 0 Å². The minimum Gasteiger partial charge on any atom is -0.491 e. The molecule has 0 saturated carbocycles. The van der Waals surface area contributed by atoms with Crippen molar-refractivity contribution < 1.29 is 9.84 Å². The van der Waals surface area contributed by atoms with E-state index in [0.29, 0.717) is 0 Å². The van der Waals surface area contributed by atoms with Crippen molar-refractivity contribution >= 4 is 15.9 Å². The van der Waals surface area contributed by atoms with Crippen molar-refractivity contribution in [3.63, 3.8) is 0 Å². The van der Waals surface area contributed by atoms with E-state index >= 15 is 0 Å². The molecule has 2 rings (SSSR count). The molecule has 1 unspecified atom stereocenters. The summed E-state index contributed by atoms with van der Waals surface area (Å²) in [6.07, 6.45) is -0.492. The standard InChI is InChI=1S/C17H19BrO2/c1-11(2)20-14-9-7-13(8-10-14)17(19)15-6-4-5-12(3)16(15)18/h4-11,17,19H,1-3H3. The van der Waals surface area contributed by atoms with E-state index in [-0.39, 0.29) is 6.10 Å². The van der Waals surface area contributed by atoms with E-state index in [2.05, 4.69) is 15.9 Å². The van der Waals surface area contributed by atoms with Crippen LogP contribution in [0.1, 0.15) is 36.6 Å². The summed E-state index contributed by atoms with van der Waals surface area (Å²) in [5.74, 6) is 0.819. The molecule has 0 aliphatic heterocycles. The lowest BCUT2D eigenvalue weighted by Gasteiger charge is -2.16. The topological polar surface area (TPSA) is 29.5 Å². The number of benzene rings is 2. The summed E-state index contributed by atoms with van der Waals surface area (Å²) < 4.78 is 6.56. The summed E-state index contributed by atoms with van der Waals surface area (Å²) in [5, 5.41) is 10.5. The molecule has 0 heterocycles. The number of rotatable bonds is 4. The maximum atomic E-state index is 10.5. The van der Waals surface area contributed by atoms with Gasteiger partial charge in [0.15, 0.2) is 0 Å². The molecule has 3 heteroatoms. The van der Waals surface area contributed by atoms with Crippen molar-refractivity contribution in [1.82, 2.24) is 0 Å². The van der Waals surface area contributed by atoms with Crippen molar-refractivity contribution in [2.75, 3.05) is 0 Å². The number of ether oxygens (including phenoxy) is 1. The third kappa shape index (κ3) is 3.41. The lowest BCUT2D eigenvalue weighted by molar-refractivity contribution is 0.218. The minimum absolute atomic E-state index is 0.150. The number of hydrogen-bond donors (Lipinski definition) is 1. The number of hydrogen-bond acceptors (Lipinski definition) is 2. The lowest BCUT2D eigenvalue weighted by Crippen LogP contribution is -2.06. The molecule has 2 nitrogen and oxygen atoms in total. The molecule has 0 bridgehead atoms. The highest BCUT2D eigenvalue weighted by molar-refractivity contribution is 9.10. The minimum atomic E-state index is -0.641. The van der Waals surface area contributed by atoms with Crippen LogP contribution >= 0.6 is 15.9 Å². The Balaban J connectivity index is 2.25. The van der Waals surface area contributed by atoms with E-state index in [1.807, 2.05) is 63.2 Å². The van der Waals surface area contributed by atoms with Crippen molar-refractivity contribution in [1.29, 1.82) is 0 Å². The summed E-state index contributed by atoms with van der Waals surface area (Å²) in [4.78, 5) is 0. The van der Waals surface area contributed by atoms with Gasteiger partial charge in [0, 0.05) is 4.47 Å². The van der Waals surface area contributed by atoms with Gasteiger partial charge < -0.3 is 9.84 Å². The van der Waals surface area contributed by atoms with Gasteiger partial charge in [0.25, 0.3) is 0 Å². The molecule has 1 N–H and O–H groups in total. The van der Waals surface area contributed by atoms with Crippen LogP contribution in [0.4, 0.5) is 0 Å². The van der Waals surface area contributed by atoms with E-state index in [1.54, 1.807) is 0 Å². The van der Waals surface area contributed by atoms with Crippen LogP contribution in [-0.4, -0.2) is 11.2 Å². The molecule has 0 radical (unpaired) electrons. The van der Waals surface area contributed by atoms with E-state index < -0.39 is 6.10 Å². The van der Waals surface area contributed by atoms with Crippen LogP contribution in [0, 0.1) is 6.92 Å². The maximum absolute atomic E-state index is 10.5. The van der Waals surface area contributed by atoms with Gasteiger partial charge in [0.1, 0.15) is 11.9 Å². The third-order valence-electron chi connectivity index (χ3n) is 3.08. The smallest absolute Gasteiger partial charge is 0.119 e. The summed E-state index contributed by atoms with van der Waals surface area (Å²) in [6.45, 7) is 6.00. The second-order valence-corrected chi connectivity index (χ2v) is 5.91. The van der Waals surface area contributed by atoms with E-state index in [4.69, 9.17) is 4.74 Å². The molecule has 2 aromatic rings. The van der Waals surface area contributed by atoms with Gasteiger partial charge in [-0.05, 0) is 49.6 Å². The van der Waals surface area contributed by atoms with Gasteiger partial charge in [-0.1, -0.05) is 46.3 Å². The average Bonchev–Trinajstić information content (AvgIpc) is 2.41. The largest absolute Gasteiger partial charge is 0.491 e. The molecule has 106 valence electrons. The van der Waals surface area contributed by atoms with Crippen LogP contribution in [0.2, 0.25) is 0 Å². The van der Waals surface area contributed by atoms with E-state index in [1.165, 1.54) is 0 Å². The summed E-state index contributed by atoms with van der Waals surface area (Å²) in [6, 6.07) is 13.5. The van der Waals surface area contributed by atoms with Crippen molar-refractivity contribution in [3.8, 4) is 5.75 Å². The normalized spacial score (nSPS) is 12.5. The van der Waals surface area contributed by atoms with Gasteiger partial charge in [-0.15, -0.1) is 0 Å². The number of aliphatic hydroxyl groups is 1. The molecule has 0 saturated heterocycles. The highest BCUT2D eigenvalue weighted by Gasteiger charge is 2.14. The molecule has 20 heavy (non-hydrogen) atoms. The number of aryl methyl sites for hydroxylation is 1. The lowest BCUT2D eigenvalue weighted by atomic mass is 10.00. The summed E-state index contributed by atoms with van der Waals surface area (Å²) in [5.41, 5.74) is 2.84. The molecule has 0 amide bonds. The number of halogens is 1. The van der Waals surface area contributed by atoms with Gasteiger partial charge in [-0.2, -0.15) is 0 Å². The molecule has 0 aliphatic rings. The van der Waals surface area contributed by atoms with Gasteiger partial charge in [0.2, 0.25) is 0 Å². The molecule has 1 atom stereocenters. The van der Waals surface area contributed by atoms with Crippen LogP contribution in [0.3, 0.4) is 0 Å². The quantitative estimate of drug-likeness (QED) is 0.883. The fraction of sp³-hybridized carbons (Fsp3) is 0.294. The van der Waals surface area contributed by atoms with Crippen LogP contribution in [0.5, 0.6) is 5.75 Å². The van der Waals surface area contributed by atoms with Gasteiger partial charge >= 0.3 is 0 Å². The second-order valence-electron chi connectivity index (χ2n) is 5.12. The molecule has 0 aliphatic carbocycles. The summed E-state index contributed by atoms with van der Waals surface area (Å²) in [7, 11) is 0. The highest BCUT2D eigenvalue weighted by atomic mass is 79.9. The molecule has 0 aromatic heterocycles. The monoisotopic (exact) mass is 334 g/mol. The molecular formula is C17H19BrO2. The Morgan fingerprint density at radius 2 is 1.70 bits per heavy atom. The van der Waals surface area contributed by atoms with Crippen molar-refractivity contribution in [3.05, 3.63) is 63.6 Å². The van der Waals surface area contributed by atoms with Gasteiger partial charge in [-0.25, -0.2) is 0 Å². The highest BCUT2D eigenvalue weighted by Crippen LogP contribution is 2.31. The maximum Gasteiger partial charge on any atom is 0.119 e. The van der Waals surface area contributed by atoms with Crippen molar-refractivity contribution in [2.45, 2.75) is 33.0 Å². The summed E-state index contributed by atoms with van der Waals surface area (Å²) >= 11 is 3.54. The van der Waals surface area contributed by atoms with Crippen molar-refractivity contribution in [2.24, 2.45) is 0 Å². The molecular weight excluding hydrogens is 316 g/mol. The zero-order valence-corrected chi connectivity index (χ0v) is 13.5. The first-order valence-electron chi connectivity index (χ1n) is 6.68. The van der Waals surface area contributed by atoms with Crippen LogP contribution in [0.15, 0.2) is 46.9 Å². The fourth-order valence-corrected chi connectivity index (χ4v) is 2.54. The Hall–Kier alpha value is -1.32. The first-order valence-corrected chi connectivity index (χ1v) is 7.48. The Morgan fingerprint density at radius 1 is 1.05 bits per heavy atom. The predicted molar refractivity (Wildman–Crippen MR) is 85.1 cm³/mol. The second kappa shape index (κ2) is 6.42. The average molecular weight is 335 g/mol. The zero-order chi connectivity index (χ0) is 14.7. The van der Waals surface area contributed by atoms with Gasteiger partial charge in [0.05, 0.1) is 6.10 Å². The Kier molecular flexibility index (Phi) is 4.84. The molecule has 0 fully saturated rings. The zero-order valence-electron chi connectivity index (χ0n) is 11.9. The fourth-order valence-electron chi connectivity index (χ4n) is 2.06. The first-order chi connectivity index (χ1) is 9.49. The number of aliphatic hydroxyl groups excluding tert-OH is 1. The van der Waals surface area contributed by atoms with Crippen LogP contribution < -0.4 is 4.74 Å². The molecule has 0 spiro atoms. The van der Waals surface area contributed by atoms with E-state index in [0.717, 1.165) is 26.9 Å². The Bertz CT molecular complexity index is 576. The van der Waals surface area contributed by atoms with Gasteiger partial charge in [-0.3, -0.25) is 0 Å². The first kappa shape index (κ1) is 15.1.